The Bertz CT molecular complexity index is 386. The number of hydrogen-bond acceptors (Lipinski definition) is 5. The Morgan fingerprint density at radius 3 is 1.43 bits per heavy atom. The molecule has 2 amide bonds. The molecule has 0 bridgehead atoms. The summed E-state index contributed by atoms with van der Waals surface area (Å²) in [6.45, 7) is 14.1. The summed E-state index contributed by atoms with van der Waals surface area (Å²) >= 11 is 0. The van der Waals surface area contributed by atoms with Crippen LogP contribution in [0.5, 0.6) is 0 Å². The lowest BCUT2D eigenvalue weighted by Gasteiger charge is -2.30. The molecule has 0 aliphatic heterocycles. The molecule has 0 saturated carbocycles. The number of carbonyl (C=O) groups is 2. The lowest BCUT2D eigenvalue weighted by molar-refractivity contribution is 0.0139. The van der Waals surface area contributed by atoms with Gasteiger partial charge in [-0.1, -0.05) is 13.8 Å². The van der Waals surface area contributed by atoms with Crippen LogP contribution in [0.3, 0.4) is 0 Å². The van der Waals surface area contributed by atoms with Gasteiger partial charge in [-0.15, -0.1) is 0 Å². The van der Waals surface area contributed by atoms with Crippen molar-refractivity contribution in [3.8, 4) is 0 Å². The Kier molecular flexibility index (Phi) is 6.39. The number of carbonyl (C=O) groups excluding carboxylic acids is 2. The first-order valence-electron chi connectivity index (χ1n) is 7.01. The van der Waals surface area contributed by atoms with E-state index < -0.39 is 23.4 Å². The Balaban J connectivity index is 5.48. The van der Waals surface area contributed by atoms with Crippen molar-refractivity contribution in [1.82, 2.24) is 4.90 Å². The van der Waals surface area contributed by atoms with Gasteiger partial charge in [0.2, 0.25) is 0 Å². The summed E-state index contributed by atoms with van der Waals surface area (Å²) < 4.78 is 10.5. The van der Waals surface area contributed by atoms with Gasteiger partial charge in [0.25, 0.3) is 0 Å². The van der Waals surface area contributed by atoms with Crippen LogP contribution in [-0.2, 0) is 9.47 Å². The molecule has 0 unspecified atom stereocenters. The van der Waals surface area contributed by atoms with Crippen LogP contribution in [0.15, 0.2) is 4.99 Å². The Labute approximate surface area is 127 Å². The summed E-state index contributed by atoms with van der Waals surface area (Å²) in [6, 6.07) is 0. The number of rotatable bonds is 1. The molecule has 0 aromatic rings. The molecule has 0 spiro atoms. The number of ether oxygens (including phenoxy) is 2. The van der Waals surface area contributed by atoms with Gasteiger partial charge >= 0.3 is 12.2 Å². The highest BCUT2D eigenvalue weighted by atomic mass is 16.6. The number of amides is 2. The van der Waals surface area contributed by atoms with Crippen molar-refractivity contribution in [1.29, 1.82) is 0 Å². The van der Waals surface area contributed by atoms with E-state index in [1.54, 1.807) is 41.5 Å². The summed E-state index contributed by atoms with van der Waals surface area (Å²) in [4.78, 5) is 29.5. The predicted octanol–water partition coefficient (Wildman–Crippen LogP) is 3.84. The number of amidine groups is 1. The van der Waals surface area contributed by atoms with Gasteiger partial charge in [-0.25, -0.2) is 9.59 Å². The van der Waals surface area contributed by atoms with Gasteiger partial charge in [-0.2, -0.15) is 4.90 Å². The fraction of sp³-hybridized carbons (Fsp3) is 0.800. The third-order valence-electron chi connectivity index (χ3n) is 2.13. The van der Waals surface area contributed by atoms with Crippen LogP contribution in [0.4, 0.5) is 9.59 Å². The largest absolute Gasteiger partial charge is 0.443 e. The fourth-order valence-corrected chi connectivity index (χ4v) is 1.49. The van der Waals surface area contributed by atoms with Gasteiger partial charge in [-0.05, 0) is 41.5 Å². The van der Waals surface area contributed by atoms with Gasteiger partial charge < -0.3 is 9.47 Å². The Hall–Kier alpha value is -1.59. The standard InChI is InChI=1S/C15H28N2O4/c1-10(2)11(16-9)17(12(18)20-14(3,4)5)13(19)21-15(6,7)8/h10H,1-9H3. The zero-order chi connectivity index (χ0) is 17.0. The second-order valence-electron chi connectivity index (χ2n) is 7.03. The lowest BCUT2D eigenvalue weighted by atomic mass is 10.1. The zero-order valence-electron chi connectivity index (χ0n) is 14.6. The van der Waals surface area contributed by atoms with E-state index in [1.807, 2.05) is 13.8 Å². The molecule has 0 aromatic heterocycles. The fourth-order valence-electron chi connectivity index (χ4n) is 1.49. The normalized spacial score (nSPS) is 13.1. The first kappa shape index (κ1) is 19.4. The van der Waals surface area contributed by atoms with Crippen LogP contribution < -0.4 is 0 Å². The van der Waals surface area contributed by atoms with Crippen LogP contribution in [0.1, 0.15) is 55.4 Å². The predicted molar refractivity (Wildman–Crippen MR) is 82.5 cm³/mol. The second-order valence-corrected chi connectivity index (χ2v) is 7.03. The van der Waals surface area contributed by atoms with Crippen molar-refractivity contribution in [3.63, 3.8) is 0 Å². The van der Waals surface area contributed by atoms with E-state index in [4.69, 9.17) is 9.47 Å². The van der Waals surface area contributed by atoms with Crippen LogP contribution in [0, 0.1) is 5.92 Å². The molecule has 0 saturated heterocycles. The summed E-state index contributed by atoms with van der Waals surface area (Å²) in [6.07, 6.45) is -1.57. The van der Waals surface area contributed by atoms with E-state index in [2.05, 4.69) is 4.99 Å². The van der Waals surface area contributed by atoms with Crippen molar-refractivity contribution < 1.29 is 19.1 Å². The third-order valence-corrected chi connectivity index (χ3v) is 2.13. The average Bonchev–Trinajstić information content (AvgIpc) is 2.19. The molecule has 0 aromatic carbocycles. The molecule has 6 heteroatoms. The van der Waals surface area contributed by atoms with Gasteiger partial charge in [-0.3, -0.25) is 4.99 Å². The molecule has 0 rings (SSSR count). The first-order chi connectivity index (χ1) is 9.28. The number of imide groups is 1. The molecule has 21 heavy (non-hydrogen) atoms. The molecule has 0 atom stereocenters. The molecular formula is C15H28N2O4. The number of nitrogens with zero attached hydrogens (tertiary/aromatic N) is 2. The molecule has 122 valence electrons. The minimum Gasteiger partial charge on any atom is -0.443 e. The van der Waals surface area contributed by atoms with E-state index in [1.165, 1.54) is 7.05 Å². The molecular weight excluding hydrogens is 272 g/mol. The van der Waals surface area contributed by atoms with Crippen LogP contribution >= 0.6 is 0 Å². The SMILES string of the molecule is CN=C(C(C)C)N(C(=O)OC(C)(C)C)C(=O)OC(C)(C)C. The topological polar surface area (TPSA) is 68.2 Å². The quantitative estimate of drug-likeness (QED) is 0.545. The minimum atomic E-state index is -0.786. The van der Waals surface area contributed by atoms with Crippen LogP contribution in [-0.4, -0.2) is 41.2 Å². The Morgan fingerprint density at radius 2 is 1.24 bits per heavy atom. The average molecular weight is 300 g/mol. The van der Waals surface area contributed by atoms with Crippen LogP contribution in [0.25, 0.3) is 0 Å². The van der Waals surface area contributed by atoms with Gasteiger partial charge in [0.15, 0.2) is 0 Å². The van der Waals surface area contributed by atoms with E-state index in [-0.39, 0.29) is 5.92 Å². The second kappa shape index (κ2) is 6.91. The third kappa shape index (κ3) is 7.11. The summed E-state index contributed by atoms with van der Waals surface area (Å²) in [5.41, 5.74) is -1.43. The maximum absolute atomic E-state index is 12.3. The van der Waals surface area contributed by atoms with E-state index in [0.29, 0.717) is 5.84 Å². The summed E-state index contributed by atoms with van der Waals surface area (Å²) in [5.74, 6) is 0.175. The first-order valence-corrected chi connectivity index (χ1v) is 7.01. The highest BCUT2D eigenvalue weighted by molar-refractivity contribution is 6.09. The van der Waals surface area contributed by atoms with Crippen molar-refractivity contribution in [2.75, 3.05) is 7.05 Å². The van der Waals surface area contributed by atoms with Gasteiger partial charge in [0.1, 0.15) is 17.0 Å². The molecule has 0 heterocycles. The van der Waals surface area contributed by atoms with Gasteiger partial charge in [0.05, 0.1) is 0 Å². The number of hydrogen-bond donors (Lipinski definition) is 0. The molecule has 6 nitrogen and oxygen atoms in total. The van der Waals surface area contributed by atoms with Gasteiger partial charge in [0, 0.05) is 13.0 Å². The molecule has 0 radical (unpaired) electrons. The van der Waals surface area contributed by atoms with E-state index in [9.17, 15) is 9.59 Å². The Morgan fingerprint density at radius 1 is 0.905 bits per heavy atom. The van der Waals surface area contributed by atoms with Crippen molar-refractivity contribution in [2.45, 2.75) is 66.6 Å². The molecule has 0 aliphatic rings. The smallest absolute Gasteiger partial charge is 0.425 e. The highest BCUT2D eigenvalue weighted by Crippen LogP contribution is 2.17. The van der Waals surface area contributed by atoms with Crippen molar-refractivity contribution >= 4 is 18.0 Å². The van der Waals surface area contributed by atoms with Crippen molar-refractivity contribution in [2.24, 2.45) is 10.9 Å². The van der Waals surface area contributed by atoms with Crippen LogP contribution in [0.2, 0.25) is 0 Å². The zero-order valence-corrected chi connectivity index (χ0v) is 14.6. The minimum absolute atomic E-state index is 0.130. The molecule has 0 fully saturated rings. The van der Waals surface area contributed by atoms with Crippen molar-refractivity contribution in [3.05, 3.63) is 0 Å². The van der Waals surface area contributed by atoms with E-state index in [0.717, 1.165) is 4.90 Å². The lowest BCUT2D eigenvalue weighted by Crippen LogP contribution is -2.48. The molecule has 0 aliphatic carbocycles. The molecule has 0 N–H and O–H groups in total. The highest BCUT2D eigenvalue weighted by Gasteiger charge is 2.35. The maximum Gasteiger partial charge on any atom is 0.425 e. The summed E-state index contributed by atoms with van der Waals surface area (Å²) in [7, 11) is 1.52. The monoisotopic (exact) mass is 300 g/mol. The maximum atomic E-state index is 12.3. The van der Waals surface area contributed by atoms with E-state index >= 15 is 0 Å². The number of aliphatic imine (C=N–C) groups is 1. The summed E-state index contributed by atoms with van der Waals surface area (Å²) in [5, 5.41) is 0.